The highest BCUT2D eigenvalue weighted by Crippen LogP contribution is 2.27. The van der Waals surface area contributed by atoms with E-state index in [0.717, 1.165) is 5.56 Å². The number of aliphatic hydroxyl groups is 4. The Morgan fingerprint density at radius 3 is 2.45 bits per heavy atom. The summed E-state index contributed by atoms with van der Waals surface area (Å²) in [5.41, 5.74) is 1.22. The molecule has 1 aromatic carbocycles. The summed E-state index contributed by atoms with van der Waals surface area (Å²) in [6.45, 7) is 0. The predicted molar refractivity (Wildman–Crippen MR) is 74.9 cm³/mol. The second-order valence-corrected chi connectivity index (χ2v) is 4.94. The van der Waals surface area contributed by atoms with E-state index in [0.29, 0.717) is 16.5 Å². The normalized spacial score (nSPS) is 13.4. The van der Waals surface area contributed by atoms with Crippen LogP contribution in [0.1, 0.15) is 24.6 Å². The first-order valence-electron chi connectivity index (χ1n) is 6.06. The molecule has 2 aromatic rings. The van der Waals surface area contributed by atoms with Gasteiger partial charge in [-0.1, -0.05) is 30.3 Å². The van der Waals surface area contributed by atoms with Gasteiger partial charge in [0, 0.05) is 12.0 Å². The van der Waals surface area contributed by atoms with E-state index < -0.39 is 12.1 Å². The number of nitrogens with zero attached hydrogens (tertiary/aromatic N) is 1. The van der Waals surface area contributed by atoms with E-state index in [1.165, 1.54) is 0 Å². The molecule has 0 saturated heterocycles. The Bertz CT molecular complexity index is 565. The Labute approximate surface area is 121 Å². The summed E-state index contributed by atoms with van der Waals surface area (Å²) < 4.78 is 0. The van der Waals surface area contributed by atoms with E-state index in [1.807, 2.05) is 30.3 Å². The first-order chi connectivity index (χ1) is 9.37. The molecule has 0 aliphatic carbocycles. The minimum atomic E-state index is -2.79. The topological polar surface area (TPSA) is 110 Å². The first kappa shape index (κ1) is 15.0. The van der Waals surface area contributed by atoms with Crippen molar-refractivity contribution >= 4 is 12.6 Å². The van der Waals surface area contributed by atoms with Gasteiger partial charge in [0.15, 0.2) is 0 Å². The first-order valence-corrected chi connectivity index (χ1v) is 6.51. The van der Waals surface area contributed by atoms with E-state index >= 15 is 0 Å². The standard InChI is InChI=1S/C13H16N2O4S/c16-9(6-7-13(17,18)19)10-12(20)15-11(14-10)8-4-2-1-3-5-8/h1-5,9,16-20H,6-7H2,(H,14,15). The van der Waals surface area contributed by atoms with Crippen molar-refractivity contribution in [2.75, 3.05) is 0 Å². The van der Waals surface area contributed by atoms with Gasteiger partial charge in [-0.3, -0.25) is 0 Å². The van der Waals surface area contributed by atoms with Crippen LogP contribution in [0.15, 0.2) is 35.4 Å². The van der Waals surface area contributed by atoms with Crippen LogP contribution in [0.25, 0.3) is 11.4 Å². The van der Waals surface area contributed by atoms with Gasteiger partial charge in [-0.05, 0) is 6.42 Å². The zero-order chi connectivity index (χ0) is 14.8. The third kappa shape index (κ3) is 3.81. The molecular formula is C13H16N2O4S. The van der Waals surface area contributed by atoms with Gasteiger partial charge in [0.25, 0.3) is 5.97 Å². The number of hydrogen-bond donors (Lipinski definition) is 6. The highest BCUT2D eigenvalue weighted by atomic mass is 32.1. The lowest BCUT2D eigenvalue weighted by atomic mass is 10.1. The molecule has 0 radical (unpaired) electrons. The average Bonchev–Trinajstić information content (AvgIpc) is 2.78. The van der Waals surface area contributed by atoms with Crippen molar-refractivity contribution in [3.63, 3.8) is 0 Å². The third-order valence-electron chi connectivity index (χ3n) is 2.85. The maximum absolute atomic E-state index is 9.97. The van der Waals surface area contributed by atoms with Gasteiger partial charge < -0.3 is 25.4 Å². The molecule has 5 N–H and O–H groups in total. The summed E-state index contributed by atoms with van der Waals surface area (Å²) in [5.74, 6) is -2.23. The molecule has 1 heterocycles. The van der Waals surface area contributed by atoms with E-state index in [2.05, 4.69) is 22.6 Å². The highest BCUT2D eigenvalue weighted by Gasteiger charge is 2.23. The molecule has 1 atom stereocenters. The monoisotopic (exact) mass is 296 g/mol. The summed E-state index contributed by atoms with van der Waals surface area (Å²) in [7, 11) is 0. The number of aromatic nitrogens is 2. The fraction of sp³-hybridized carbons (Fsp3) is 0.308. The van der Waals surface area contributed by atoms with Crippen LogP contribution in [0.3, 0.4) is 0 Å². The Morgan fingerprint density at radius 2 is 1.85 bits per heavy atom. The molecule has 0 amide bonds. The number of nitrogens with one attached hydrogen (secondary N) is 1. The van der Waals surface area contributed by atoms with Crippen LogP contribution in [0.5, 0.6) is 0 Å². The molecule has 0 bridgehead atoms. The van der Waals surface area contributed by atoms with Crippen LogP contribution in [0, 0.1) is 0 Å². The molecule has 7 heteroatoms. The molecule has 0 fully saturated rings. The molecule has 108 valence electrons. The second-order valence-electron chi connectivity index (χ2n) is 4.52. The molecule has 20 heavy (non-hydrogen) atoms. The lowest BCUT2D eigenvalue weighted by molar-refractivity contribution is -0.316. The minimum absolute atomic E-state index is 0.0481. The van der Waals surface area contributed by atoms with Crippen LogP contribution in [-0.4, -0.2) is 36.4 Å². The number of thiol groups is 1. The quantitative estimate of drug-likeness (QED) is 0.361. The van der Waals surface area contributed by atoms with Crippen molar-refractivity contribution in [2.24, 2.45) is 0 Å². The SMILES string of the molecule is OC(CCC(O)(O)O)c1[nH]c(-c2ccccc2)nc1S. The van der Waals surface area contributed by atoms with Crippen LogP contribution in [0.2, 0.25) is 0 Å². The highest BCUT2D eigenvalue weighted by molar-refractivity contribution is 7.80. The van der Waals surface area contributed by atoms with Gasteiger partial charge >= 0.3 is 0 Å². The molecule has 2 rings (SSSR count). The Morgan fingerprint density at radius 1 is 1.20 bits per heavy atom. The second kappa shape index (κ2) is 5.94. The fourth-order valence-electron chi connectivity index (χ4n) is 1.82. The number of hydrogen-bond acceptors (Lipinski definition) is 6. The van der Waals surface area contributed by atoms with E-state index in [1.54, 1.807) is 0 Å². The average molecular weight is 296 g/mol. The van der Waals surface area contributed by atoms with Crippen molar-refractivity contribution in [3.8, 4) is 11.4 Å². The summed E-state index contributed by atoms with van der Waals surface area (Å²) in [5, 5.41) is 36.8. The Balaban J connectivity index is 2.15. The Hall–Kier alpha value is -1.38. The lowest BCUT2D eigenvalue weighted by Crippen LogP contribution is -2.27. The van der Waals surface area contributed by atoms with Crippen molar-refractivity contribution in [2.45, 2.75) is 29.9 Å². The number of H-pyrrole nitrogens is 1. The molecule has 0 saturated carbocycles. The third-order valence-corrected chi connectivity index (χ3v) is 3.19. The molecule has 0 spiro atoms. The predicted octanol–water partition coefficient (Wildman–Crippen LogP) is 0.810. The Kier molecular flexibility index (Phi) is 4.46. The minimum Gasteiger partial charge on any atom is -0.387 e. The smallest absolute Gasteiger partial charge is 0.275 e. The van der Waals surface area contributed by atoms with Gasteiger partial charge in [0.2, 0.25) is 0 Å². The van der Waals surface area contributed by atoms with Crippen molar-refractivity contribution in [1.29, 1.82) is 0 Å². The fourth-order valence-corrected chi connectivity index (χ4v) is 2.12. The summed E-state index contributed by atoms with van der Waals surface area (Å²) in [6, 6.07) is 9.34. The summed E-state index contributed by atoms with van der Waals surface area (Å²) in [4.78, 5) is 7.16. The van der Waals surface area contributed by atoms with Crippen LogP contribution in [0.4, 0.5) is 0 Å². The van der Waals surface area contributed by atoms with Crippen LogP contribution in [-0.2, 0) is 0 Å². The molecule has 1 unspecified atom stereocenters. The van der Waals surface area contributed by atoms with E-state index in [4.69, 9.17) is 15.3 Å². The summed E-state index contributed by atoms with van der Waals surface area (Å²) in [6.07, 6.45) is -1.47. The maximum Gasteiger partial charge on any atom is 0.275 e. The van der Waals surface area contributed by atoms with Crippen molar-refractivity contribution in [1.82, 2.24) is 9.97 Å². The van der Waals surface area contributed by atoms with Crippen molar-refractivity contribution < 1.29 is 20.4 Å². The van der Waals surface area contributed by atoms with Crippen molar-refractivity contribution in [3.05, 3.63) is 36.0 Å². The zero-order valence-corrected chi connectivity index (χ0v) is 11.5. The summed E-state index contributed by atoms with van der Waals surface area (Å²) >= 11 is 4.18. The van der Waals surface area contributed by atoms with Gasteiger partial charge in [-0.2, -0.15) is 0 Å². The van der Waals surface area contributed by atoms with Gasteiger partial charge in [0.1, 0.15) is 10.9 Å². The molecule has 0 aliphatic heterocycles. The largest absolute Gasteiger partial charge is 0.387 e. The van der Waals surface area contributed by atoms with E-state index in [-0.39, 0.29) is 12.8 Å². The van der Waals surface area contributed by atoms with E-state index in [9.17, 15) is 5.11 Å². The molecular weight excluding hydrogens is 280 g/mol. The number of aromatic amines is 1. The molecule has 0 aliphatic rings. The zero-order valence-electron chi connectivity index (χ0n) is 10.6. The van der Waals surface area contributed by atoms with Gasteiger partial charge in [-0.15, -0.1) is 12.6 Å². The number of imidazole rings is 1. The number of rotatable bonds is 5. The van der Waals surface area contributed by atoms with Gasteiger partial charge in [-0.25, -0.2) is 4.98 Å². The van der Waals surface area contributed by atoms with Crippen LogP contribution < -0.4 is 0 Å². The molecule has 6 nitrogen and oxygen atoms in total. The molecule has 1 aromatic heterocycles. The van der Waals surface area contributed by atoms with Crippen LogP contribution >= 0.6 is 12.6 Å². The maximum atomic E-state index is 9.97. The van der Waals surface area contributed by atoms with Gasteiger partial charge in [0.05, 0.1) is 11.8 Å². The lowest BCUT2D eigenvalue weighted by Gasteiger charge is -2.16. The number of benzene rings is 1. The number of aliphatic hydroxyl groups excluding tert-OH is 1.